The van der Waals surface area contributed by atoms with Crippen molar-refractivity contribution in [2.24, 2.45) is 0 Å². The molecule has 0 spiro atoms. The smallest absolute Gasteiger partial charge is 0.306 e. The summed E-state index contributed by atoms with van der Waals surface area (Å²) >= 11 is 0. The zero-order valence-corrected chi connectivity index (χ0v) is 8.15. The van der Waals surface area contributed by atoms with E-state index in [1.165, 1.54) is 0 Å². The molecular formula is C9H17NO4. The predicted octanol–water partition coefficient (Wildman–Crippen LogP) is -0.720. The first-order valence-electron chi connectivity index (χ1n) is 4.83. The second-order valence-electron chi connectivity index (χ2n) is 3.90. The first-order chi connectivity index (χ1) is 6.56. The summed E-state index contributed by atoms with van der Waals surface area (Å²) in [5, 5.41) is 27.3. The van der Waals surface area contributed by atoms with E-state index >= 15 is 0 Å². The highest BCUT2D eigenvalue weighted by Gasteiger charge is 2.34. The first-order valence-corrected chi connectivity index (χ1v) is 4.83. The van der Waals surface area contributed by atoms with Gasteiger partial charge in [0, 0.05) is 13.1 Å². The number of piperidine rings is 1. The van der Waals surface area contributed by atoms with E-state index in [1.807, 2.05) is 4.90 Å². The van der Waals surface area contributed by atoms with Gasteiger partial charge in [-0.25, -0.2) is 0 Å². The van der Waals surface area contributed by atoms with E-state index in [0.29, 0.717) is 19.5 Å². The van der Waals surface area contributed by atoms with Crippen LogP contribution in [0.15, 0.2) is 0 Å². The summed E-state index contributed by atoms with van der Waals surface area (Å²) < 4.78 is 0. The largest absolute Gasteiger partial charge is 0.481 e. The van der Waals surface area contributed by atoms with Gasteiger partial charge >= 0.3 is 5.97 Å². The molecule has 1 unspecified atom stereocenters. The second-order valence-corrected chi connectivity index (χ2v) is 3.90. The van der Waals surface area contributed by atoms with Crippen LogP contribution in [0.2, 0.25) is 0 Å². The van der Waals surface area contributed by atoms with E-state index in [1.54, 1.807) is 0 Å². The lowest BCUT2D eigenvalue weighted by Gasteiger charge is -2.38. The first kappa shape index (κ1) is 11.4. The van der Waals surface area contributed by atoms with Gasteiger partial charge in [0.1, 0.15) is 0 Å². The third-order valence-electron chi connectivity index (χ3n) is 2.53. The monoisotopic (exact) mass is 203 g/mol. The molecule has 5 nitrogen and oxygen atoms in total. The number of aliphatic carboxylic acids is 1. The quantitative estimate of drug-likeness (QED) is 0.562. The van der Waals surface area contributed by atoms with Crippen molar-refractivity contribution in [1.29, 1.82) is 0 Å². The molecule has 14 heavy (non-hydrogen) atoms. The molecule has 5 heteroatoms. The van der Waals surface area contributed by atoms with Crippen LogP contribution in [0.5, 0.6) is 0 Å². The fraction of sp³-hybridized carbons (Fsp3) is 0.889. The predicted molar refractivity (Wildman–Crippen MR) is 50.0 cm³/mol. The van der Waals surface area contributed by atoms with Gasteiger partial charge in [0.15, 0.2) is 0 Å². The van der Waals surface area contributed by atoms with Crippen LogP contribution < -0.4 is 0 Å². The molecule has 0 aliphatic carbocycles. The van der Waals surface area contributed by atoms with Gasteiger partial charge < -0.3 is 15.3 Å². The van der Waals surface area contributed by atoms with Crippen LogP contribution in [0.3, 0.4) is 0 Å². The molecule has 1 saturated heterocycles. The van der Waals surface area contributed by atoms with Gasteiger partial charge in [0.2, 0.25) is 0 Å². The van der Waals surface area contributed by atoms with Crippen LogP contribution >= 0.6 is 0 Å². The molecular weight excluding hydrogens is 186 g/mol. The van der Waals surface area contributed by atoms with Crippen LogP contribution in [-0.4, -0.2) is 58.0 Å². The fourth-order valence-corrected chi connectivity index (χ4v) is 1.96. The number of aliphatic hydroxyl groups is 2. The van der Waals surface area contributed by atoms with Crippen molar-refractivity contribution >= 4 is 5.97 Å². The number of carbonyl (C=O) groups is 1. The van der Waals surface area contributed by atoms with Crippen LogP contribution in [0.4, 0.5) is 0 Å². The van der Waals surface area contributed by atoms with Gasteiger partial charge in [-0.05, 0) is 19.4 Å². The third-order valence-corrected chi connectivity index (χ3v) is 2.53. The van der Waals surface area contributed by atoms with Gasteiger partial charge in [-0.15, -0.1) is 0 Å². The second kappa shape index (κ2) is 4.72. The minimum Gasteiger partial charge on any atom is -0.481 e. The highest BCUT2D eigenvalue weighted by Crippen LogP contribution is 2.24. The lowest BCUT2D eigenvalue weighted by molar-refractivity contribution is -0.145. The molecule has 1 aliphatic rings. The van der Waals surface area contributed by atoms with E-state index in [2.05, 4.69) is 0 Å². The van der Waals surface area contributed by atoms with E-state index in [-0.39, 0.29) is 13.0 Å². The zero-order valence-electron chi connectivity index (χ0n) is 8.15. The molecule has 1 rings (SSSR count). The fourth-order valence-electron chi connectivity index (χ4n) is 1.96. The summed E-state index contributed by atoms with van der Waals surface area (Å²) in [6.07, 6.45) is 1.10. The lowest BCUT2D eigenvalue weighted by Crippen LogP contribution is -2.49. The Morgan fingerprint density at radius 2 is 2.21 bits per heavy atom. The van der Waals surface area contributed by atoms with Gasteiger partial charge in [-0.1, -0.05) is 0 Å². The summed E-state index contributed by atoms with van der Waals surface area (Å²) in [6.45, 7) is 1.72. The molecule has 1 atom stereocenters. The number of rotatable bonds is 4. The minimum atomic E-state index is -1.11. The Bertz CT molecular complexity index is 207. The van der Waals surface area contributed by atoms with Crippen LogP contribution in [-0.2, 0) is 4.79 Å². The Labute approximate surface area is 83.0 Å². The number of carboxylic acid groups (broad SMARTS) is 1. The summed E-state index contributed by atoms with van der Waals surface area (Å²) in [7, 11) is 0. The van der Waals surface area contributed by atoms with Crippen LogP contribution in [0.1, 0.15) is 19.3 Å². The van der Waals surface area contributed by atoms with Crippen LogP contribution in [0, 0.1) is 0 Å². The van der Waals surface area contributed by atoms with Crippen molar-refractivity contribution in [3.8, 4) is 0 Å². The third kappa shape index (κ3) is 3.25. The van der Waals surface area contributed by atoms with E-state index in [4.69, 9.17) is 10.2 Å². The Balaban J connectivity index is 2.48. The molecule has 1 aliphatic heterocycles. The Morgan fingerprint density at radius 3 is 2.79 bits per heavy atom. The van der Waals surface area contributed by atoms with E-state index < -0.39 is 11.6 Å². The van der Waals surface area contributed by atoms with Crippen molar-refractivity contribution in [2.45, 2.75) is 24.9 Å². The van der Waals surface area contributed by atoms with Crippen molar-refractivity contribution in [1.82, 2.24) is 4.90 Å². The average molecular weight is 203 g/mol. The standard InChI is InChI=1S/C9H17NO4/c11-5-4-10-3-1-2-9(14,7-10)6-8(12)13/h11,14H,1-7H2,(H,12,13). The molecule has 0 saturated carbocycles. The maximum atomic E-state index is 10.5. The normalized spacial score (nSPS) is 29.0. The number of nitrogens with zero attached hydrogens (tertiary/aromatic N) is 1. The van der Waals surface area contributed by atoms with E-state index in [9.17, 15) is 9.90 Å². The summed E-state index contributed by atoms with van der Waals surface area (Å²) in [4.78, 5) is 12.4. The SMILES string of the molecule is O=C(O)CC1(O)CCCN(CCO)C1. The average Bonchev–Trinajstić information content (AvgIpc) is 2.01. The molecule has 0 aromatic rings. The van der Waals surface area contributed by atoms with Gasteiger partial charge in [0.05, 0.1) is 18.6 Å². The number of hydrogen-bond acceptors (Lipinski definition) is 4. The number of aliphatic hydroxyl groups excluding tert-OH is 1. The Kier molecular flexibility index (Phi) is 3.86. The maximum Gasteiger partial charge on any atom is 0.306 e. The highest BCUT2D eigenvalue weighted by atomic mass is 16.4. The Hall–Kier alpha value is -0.650. The number of likely N-dealkylation sites (tertiary alicyclic amines) is 1. The number of hydrogen-bond donors (Lipinski definition) is 3. The van der Waals surface area contributed by atoms with Gasteiger partial charge in [-0.2, -0.15) is 0 Å². The molecule has 0 aromatic carbocycles. The number of β-amino-alcohol motifs (C(OH)–C–C–N with tert-alkyl or cyclic N) is 2. The molecule has 3 N–H and O–H groups in total. The van der Waals surface area contributed by atoms with Crippen molar-refractivity contribution in [2.75, 3.05) is 26.2 Å². The molecule has 1 heterocycles. The van der Waals surface area contributed by atoms with Crippen molar-refractivity contribution in [3.63, 3.8) is 0 Å². The van der Waals surface area contributed by atoms with Crippen molar-refractivity contribution < 1.29 is 20.1 Å². The molecule has 0 aromatic heterocycles. The Morgan fingerprint density at radius 1 is 1.50 bits per heavy atom. The summed E-state index contributed by atoms with van der Waals surface area (Å²) in [6, 6.07) is 0. The molecule has 0 bridgehead atoms. The molecule has 0 amide bonds. The lowest BCUT2D eigenvalue weighted by atomic mass is 9.90. The number of carboxylic acids is 1. The summed E-state index contributed by atoms with van der Waals surface area (Å²) in [5.41, 5.74) is -1.11. The zero-order chi connectivity index (χ0) is 10.6. The highest BCUT2D eigenvalue weighted by molar-refractivity contribution is 5.68. The molecule has 82 valence electrons. The van der Waals surface area contributed by atoms with Gasteiger partial charge in [-0.3, -0.25) is 9.69 Å². The van der Waals surface area contributed by atoms with Crippen molar-refractivity contribution in [3.05, 3.63) is 0 Å². The minimum absolute atomic E-state index is 0.0448. The van der Waals surface area contributed by atoms with E-state index in [0.717, 1.165) is 13.0 Å². The molecule has 1 fully saturated rings. The van der Waals surface area contributed by atoms with Crippen LogP contribution in [0.25, 0.3) is 0 Å². The van der Waals surface area contributed by atoms with Gasteiger partial charge in [0.25, 0.3) is 0 Å². The topological polar surface area (TPSA) is 81.0 Å². The summed E-state index contributed by atoms with van der Waals surface area (Å²) in [5.74, 6) is -0.974. The maximum absolute atomic E-state index is 10.5. The molecule has 0 radical (unpaired) electrons.